The van der Waals surface area contributed by atoms with Crippen LogP contribution in [-0.4, -0.2) is 13.2 Å². The zero-order chi connectivity index (χ0) is 19.9. The van der Waals surface area contributed by atoms with Crippen molar-refractivity contribution in [2.75, 3.05) is 13.2 Å². The van der Waals surface area contributed by atoms with Crippen LogP contribution in [-0.2, 0) is 0 Å². The van der Waals surface area contributed by atoms with E-state index in [1.165, 1.54) is 69.9 Å². The number of hydrogen-bond acceptors (Lipinski definition) is 2. The standard InChI is InChI=1S/C24H36F2O2/c1-3-5-6-7-17-8-10-20-15-18(9-11-19(20)14-17)16-28-22-13-12-21(27-4-2)23(25)24(22)26/h12-13,17-20H,3-11,14-16H2,1-2H3. The monoisotopic (exact) mass is 394 g/mol. The Morgan fingerprint density at radius 2 is 1.43 bits per heavy atom. The smallest absolute Gasteiger partial charge is 0.204 e. The molecule has 2 aliphatic carbocycles. The topological polar surface area (TPSA) is 18.5 Å². The molecule has 3 rings (SSSR count). The predicted molar refractivity (Wildman–Crippen MR) is 109 cm³/mol. The molecule has 2 fully saturated rings. The largest absolute Gasteiger partial charge is 0.491 e. The van der Waals surface area contributed by atoms with Crippen LogP contribution < -0.4 is 9.47 Å². The molecule has 0 saturated heterocycles. The van der Waals surface area contributed by atoms with Crippen LogP contribution in [0.3, 0.4) is 0 Å². The number of ether oxygens (including phenoxy) is 2. The summed E-state index contributed by atoms with van der Waals surface area (Å²) in [7, 11) is 0. The van der Waals surface area contributed by atoms with E-state index in [-0.39, 0.29) is 11.5 Å². The highest BCUT2D eigenvalue weighted by atomic mass is 19.2. The van der Waals surface area contributed by atoms with Crippen LogP contribution in [0.25, 0.3) is 0 Å². The maximum absolute atomic E-state index is 14.2. The summed E-state index contributed by atoms with van der Waals surface area (Å²) in [4.78, 5) is 0. The lowest BCUT2D eigenvalue weighted by Gasteiger charge is -2.42. The van der Waals surface area contributed by atoms with Crippen molar-refractivity contribution in [3.05, 3.63) is 23.8 Å². The van der Waals surface area contributed by atoms with E-state index in [0.29, 0.717) is 19.1 Å². The minimum absolute atomic E-state index is 0.00251. The van der Waals surface area contributed by atoms with Gasteiger partial charge in [-0.25, -0.2) is 0 Å². The van der Waals surface area contributed by atoms with Crippen molar-refractivity contribution in [2.24, 2.45) is 23.7 Å². The lowest BCUT2D eigenvalue weighted by atomic mass is 9.64. The molecular weight excluding hydrogens is 358 g/mol. The SMILES string of the molecule is CCCCCC1CCC2CC(COc3ccc(OCC)c(F)c3F)CCC2C1. The van der Waals surface area contributed by atoms with Crippen LogP contribution in [0.15, 0.2) is 12.1 Å². The molecule has 2 aliphatic rings. The minimum Gasteiger partial charge on any atom is -0.491 e. The Morgan fingerprint density at radius 3 is 2.07 bits per heavy atom. The molecule has 1 aromatic rings. The van der Waals surface area contributed by atoms with Gasteiger partial charge in [0.1, 0.15) is 0 Å². The van der Waals surface area contributed by atoms with Crippen molar-refractivity contribution in [3.63, 3.8) is 0 Å². The van der Waals surface area contributed by atoms with Gasteiger partial charge in [0.2, 0.25) is 11.6 Å². The average Bonchev–Trinajstić information content (AvgIpc) is 2.71. The third-order valence-electron chi connectivity index (χ3n) is 6.83. The van der Waals surface area contributed by atoms with Gasteiger partial charge < -0.3 is 9.47 Å². The second-order valence-corrected chi connectivity index (χ2v) is 8.81. The number of halogens is 2. The summed E-state index contributed by atoms with van der Waals surface area (Å²) in [6.07, 6.45) is 13.2. The second-order valence-electron chi connectivity index (χ2n) is 8.81. The van der Waals surface area contributed by atoms with Gasteiger partial charge in [0, 0.05) is 0 Å². The summed E-state index contributed by atoms with van der Waals surface area (Å²) in [6.45, 7) is 4.80. The number of benzene rings is 1. The van der Waals surface area contributed by atoms with Crippen molar-refractivity contribution in [1.82, 2.24) is 0 Å². The predicted octanol–water partition coefficient (Wildman–Crippen LogP) is 7.16. The van der Waals surface area contributed by atoms with Crippen LogP contribution in [0.2, 0.25) is 0 Å². The van der Waals surface area contributed by atoms with Crippen molar-refractivity contribution in [3.8, 4) is 11.5 Å². The maximum Gasteiger partial charge on any atom is 0.204 e. The Morgan fingerprint density at radius 1 is 0.821 bits per heavy atom. The zero-order valence-electron chi connectivity index (χ0n) is 17.5. The first kappa shape index (κ1) is 21.4. The average molecular weight is 395 g/mol. The molecule has 0 N–H and O–H groups in total. The van der Waals surface area contributed by atoms with Crippen molar-refractivity contribution < 1.29 is 18.3 Å². The molecule has 1 aromatic carbocycles. The van der Waals surface area contributed by atoms with Crippen molar-refractivity contribution in [2.45, 2.75) is 78.1 Å². The van der Waals surface area contributed by atoms with E-state index < -0.39 is 11.6 Å². The Labute approximate surface area is 169 Å². The number of rotatable bonds is 9. The summed E-state index contributed by atoms with van der Waals surface area (Å²) in [6, 6.07) is 2.94. The van der Waals surface area contributed by atoms with Gasteiger partial charge >= 0.3 is 0 Å². The normalized spacial score (nSPS) is 27.3. The minimum atomic E-state index is -0.954. The molecule has 0 aromatic heterocycles. The second kappa shape index (κ2) is 10.5. The van der Waals surface area contributed by atoms with Gasteiger partial charge in [-0.15, -0.1) is 0 Å². The molecule has 2 saturated carbocycles. The first-order valence-corrected chi connectivity index (χ1v) is 11.4. The highest BCUT2D eigenvalue weighted by molar-refractivity contribution is 5.35. The quantitative estimate of drug-likeness (QED) is 0.414. The highest BCUT2D eigenvalue weighted by Crippen LogP contribution is 2.46. The van der Waals surface area contributed by atoms with Gasteiger partial charge in [-0.2, -0.15) is 8.78 Å². The van der Waals surface area contributed by atoms with Gasteiger partial charge in [0.25, 0.3) is 0 Å². The van der Waals surface area contributed by atoms with Crippen LogP contribution >= 0.6 is 0 Å². The summed E-state index contributed by atoms with van der Waals surface area (Å²) >= 11 is 0. The highest BCUT2D eigenvalue weighted by Gasteiger charge is 2.35. The first-order chi connectivity index (χ1) is 13.6. The van der Waals surface area contributed by atoms with E-state index in [2.05, 4.69) is 6.92 Å². The van der Waals surface area contributed by atoms with E-state index in [0.717, 1.165) is 24.2 Å². The third-order valence-corrected chi connectivity index (χ3v) is 6.83. The fourth-order valence-corrected chi connectivity index (χ4v) is 5.28. The molecule has 4 unspecified atom stereocenters. The molecule has 28 heavy (non-hydrogen) atoms. The number of unbranched alkanes of at least 4 members (excludes halogenated alkanes) is 2. The van der Waals surface area contributed by atoms with Gasteiger partial charge in [-0.3, -0.25) is 0 Å². The Hall–Kier alpha value is -1.32. The molecule has 4 heteroatoms. The molecule has 0 radical (unpaired) electrons. The molecule has 4 atom stereocenters. The third kappa shape index (κ3) is 5.39. The fourth-order valence-electron chi connectivity index (χ4n) is 5.28. The van der Waals surface area contributed by atoms with E-state index in [1.807, 2.05) is 0 Å². The van der Waals surface area contributed by atoms with E-state index >= 15 is 0 Å². The van der Waals surface area contributed by atoms with Gasteiger partial charge in [0.15, 0.2) is 11.5 Å². The van der Waals surface area contributed by atoms with Crippen LogP contribution in [0.5, 0.6) is 11.5 Å². The molecule has 0 aliphatic heterocycles. The molecular formula is C24H36F2O2. The Kier molecular flexibility index (Phi) is 7.99. The summed E-state index contributed by atoms with van der Waals surface area (Å²) in [5, 5.41) is 0. The summed E-state index contributed by atoms with van der Waals surface area (Å²) in [5.74, 6) is 1.11. The first-order valence-electron chi connectivity index (χ1n) is 11.4. The lowest BCUT2D eigenvalue weighted by Crippen LogP contribution is -2.33. The lowest BCUT2D eigenvalue weighted by molar-refractivity contribution is 0.0734. The molecule has 0 amide bonds. The maximum atomic E-state index is 14.2. The Balaban J connectivity index is 1.46. The Bertz CT molecular complexity index is 619. The summed E-state index contributed by atoms with van der Waals surface area (Å²) < 4.78 is 39.0. The fraction of sp³-hybridized carbons (Fsp3) is 0.750. The van der Waals surface area contributed by atoms with Gasteiger partial charge in [0.05, 0.1) is 13.2 Å². The molecule has 0 heterocycles. The van der Waals surface area contributed by atoms with E-state index in [9.17, 15) is 8.78 Å². The van der Waals surface area contributed by atoms with Crippen LogP contribution in [0.1, 0.15) is 78.1 Å². The van der Waals surface area contributed by atoms with Crippen molar-refractivity contribution in [1.29, 1.82) is 0 Å². The molecule has 0 spiro atoms. The van der Waals surface area contributed by atoms with Gasteiger partial charge in [-0.05, 0) is 74.8 Å². The van der Waals surface area contributed by atoms with Crippen LogP contribution in [0, 0.1) is 35.3 Å². The van der Waals surface area contributed by atoms with E-state index in [4.69, 9.17) is 9.47 Å². The molecule has 0 bridgehead atoms. The summed E-state index contributed by atoms with van der Waals surface area (Å²) in [5.41, 5.74) is 0. The van der Waals surface area contributed by atoms with Crippen LogP contribution in [0.4, 0.5) is 8.78 Å². The van der Waals surface area contributed by atoms with Gasteiger partial charge in [-0.1, -0.05) is 39.0 Å². The zero-order valence-corrected chi connectivity index (χ0v) is 17.5. The van der Waals surface area contributed by atoms with Crippen molar-refractivity contribution >= 4 is 0 Å². The number of fused-ring (bicyclic) bond motifs is 1. The molecule has 2 nitrogen and oxygen atoms in total. The number of hydrogen-bond donors (Lipinski definition) is 0. The molecule has 158 valence electrons. The van der Waals surface area contributed by atoms with E-state index in [1.54, 1.807) is 6.92 Å².